The molecular formula is C27H40N6O. The van der Waals surface area contributed by atoms with Crippen LogP contribution in [-0.2, 0) is 12.1 Å². The molecule has 7 heteroatoms. The topological polar surface area (TPSA) is 79.7 Å². The van der Waals surface area contributed by atoms with Crippen LogP contribution in [0.5, 0.6) is 0 Å². The van der Waals surface area contributed by atoms with Crippen LogP contribution >= 0.6 is 0 Å². The zero-order valence-corrected chi connectivity index (χ0v) is 21.9. The first-order chi connectivity index (χ1) is 16.1. The Kier molecular flexibility index (Phi) is 6.94. The molecule has 1 saturated carbocycles. The van der Waals surface area contributed by atoms with Gasteiger partial charge in [-0.15, -0.1) is 5.10 Å². The fraction of sp³-hybridized carbons (Fsp3) is 0.630. The van der Waals surface area contributed by atoms with Crippen LogP contribution in [0.3, 0.4) is 0 Å². The zero-order chi connectivity index (χ0) is 24.6. The molecule has 184 valence electrons. The van der Waals surface area contributed by atoms with E-state index in [4.69, 9.17) is 0 Å². The molecule has 0 radical (unpaired) electrons. The van der Waals surface area contributed by atoms with E-state index < -0.39 is 0 Å². The van der Waals surface area contributed by atoms with Crippen molar-refractivity contribution in [3.63, 3.8) is 0 Å². The highest BCUT2D eigenvalue weighted by molar-refractivity contribution is 5.83. The number of nitrogens with zero attached hydrogens (tertiary/aromatic N) is 5. The molecule has 1 aliphatic carbocycles. The number of hydrogen-bond acceptors (Lipinski definition) is 5. The lowest BCUT2D eigenvalue weighted by atomic mass is 9.90. The van der Waals surface area contributed by atoms with Crippen LogP contribution in [0.4, 0.5) is 0 Å². The number of nitrogens with one attached hydrogen (secondary N) is 1. The maximum atomic E-state index is 13.3. The number of tetrazole rings is 1. The Morgan fingerprint density at radius 3 is 2.47 bits per heavy atom. The number of rotatable bonds is 6. The van der Waals surface area contributed by atoms with Crippen molar-refractivity contribution >= 4 is 10.9 Å². The van der Waals surface area contributed by atoms with Gasteiger partial charge in [0.25, 0.3) is 5.56 Å². The lowest BCUT2D eigenvalue weighted by Gasteiger charge is -2.41. The van der Waals surface area contributed by atoms with Crippen LogP contribution in [0.25, 0.3) is 10.9 Å². The van der Waals surface area contributed by atoms with E-state index in [1.54, 1.807) is 0 Å². The summed E-state index contributed by atoms with van der Waals surface area (Å²) in [6.07, 6.45) is 6.02. The second kappa shape index (κ2) is 9.61. The molecule has 2 heterocycles. The van der Waals surface area contributed by atoms with Crippen molar-refractivity contribution in [2.45, 2.75) is 105 Å². The van der Waals surface area contributed by atoms with Gasteiger partial charge >= 0.3 is 0 Å². The standard InChI is InChI=1S/C27H40N6O/c1-17(2)24(25-29-30-31-33(25)27(5,6)7)32(21-11-9-8-10-12-21)16-20-15-22-19(4)13-18(3)14-23(22)28-26(20)34/h13-15,17,21,24H,8-12,16H2,1-7H3,(H,28,34). The fourth-order valence-electron chi connectivity index (χ4n) is 5.58. The minimum absolute atomic E-state index is 0.00349. The molecule has 0 bridgehead atoms. The molecule has 34 heavy (non-hydrogen) atoms. The van der Waals surface area contributed by atoms with Crippen LogP contribution in [-0.4, -0.2) is 36.1 Å². The summed E-state index contributed by atoms with van der Waals surface area (Å²) in [6, 6.07) is 6.76. The molecule has 0 spiro atoms. The van der Waals surface area contributed by atoms with Gasteiger partial charge in [-0.05, 0) is 87.1 Å². The molecule has 1 atom stereocenters. The average molecular weight is 465 g/mol. The number of aromatic amines is 1. The molecular weight excluding hydrogens is 424 g/mol. The highest BCUT2D eigenvalue weighted by Gasteiger charge is 2.36. The molecule has 1 aliphatic rings. The predicted octanol–water partition coefficient (Wildman–Crippen LogP) is 5.42. The number of aromatic nitrogens is 5. The second-order valence-corrected chi connectivity index (χ2v) is 11.4. The Hall–Kier alpha value is -2.54. The summed E-state index contributed by atoms with van der Waals surface area (Å²) in [5, 5.41) is 14.1. The van der Waals surface area contributed by atoms with Crippen LogP contribution in [0.15, 0.2) is 23.0 Å². The number of fused-ring (bicyclic) bond motifs is 1. The molecule has 7 nitrogen and oxygen atoms in total. The molecule has 1 unspecified atom stereocenters. The normalized spacial score (nSPS) is 16.6. The van der Waals surface area contributed by atoms with Crippen LogP contribution in [0.2, 0.25) is 0 Å². The van der Waals surface area contributed by atoms with Gasteiger partial charge in [0.1, 0.15) is 0 Å². The van der Waals surface area contributed by atoms with Gasteiger partial charge in [0, 0.05) is 29.1 Å². The predicted molar refractivity (Wildman–Crippen MR) is 137 cm³/mol. The summed E-state index contributed by atoms with van der Waals surface area (Å²) >= 11 is 0. The Morgan fingerprint density at radius 2 is 1.82 bits per heavy atom. The van der Waals surface area contributed by atoms with E-state index in [1.165, 1.54) is 24.8 Å². The van der Waals surface area contributed by atoms with Gasteiger partial charge in [-0.2, -0.15) is 0 Å². The van der Waals surface area contributed by atoms with Crippen molar-refractivity contribution in [3.05, 3.63) is 51.1 Å². The van der Waals surface area contributed by atoms with Gasteiger partial charge in [0.05, 0.1) is 11.6 Å². The first-order valence-corrected chi connectivity index (χ1v) is 12.7. The molecule has 1 fully saturated rings. The summed E-state index contributed by atoms with van der Waals surface area (Å²) in [5.74, 6) is 1.18. The summed E-state index contributed by atoms with van der Waals surface area (Å²) in [4.78, 5) is 18.9. The van der Waals surface area contributed by atoms with Crippen molar-refractivity contribution in [2.75, 3.05) is 0 Å². The lowest BCUT2D eigenvalue weighted by molar-refractivity contribution is 0.0580. The van der Waals surface area contributed by atoms with Crippen molar-refractivity contribution in [1.82, 2.24) is 30.1 Å². The molecule has 3 aromatic rings. The van der Waals surface area contributed by atoms with E-state index in [2.05, 4.69) is 92.1 Å². The Labute approximate surface area is 202 Å². The Morgan fingerprint density at radius 1 is 1.12 bits per heavy atom. The number of aryl methyl sites for hydroxylation is 2. The monoisotopic (exact) mass is 464 g/mol. The first-order valence-electron chi connectivity index (χ1n) is 12.7. The third kappa shape index (κ3) is 4.95. The van der Waals surface area contributed by atoms with Gasteiger partial charge in [0.2, 0.25) is 0 Å². The van der Waals surface area contributed by atoms with Crippen molar-refractivity contribution in [2.24, 2.45) is 5.92 Å². The summed E-state index contributed by atoms with van der Waals surface area (Å²) in [7, 11) is 0. The number of benzene rings is 1. The average Bonchev–Trinajstić information content (AvgIpc) is 3.24. The first kappa shape index (κ1) is 24.6. The van der Waals surface area contributed by atoms with E-state index >= 15 is 0 Å². The highest BCUT2D eigenvalue weighted by Crippen LogP contribution is 2.36. The summed E-state index contributed by atoms with van der Waals surface area (Å²) in [5.41, 5.74) is 3.84. The van der Waals surface area contributed by atoms with Crippen molar-refractivity contribution in [3.8, 4) is 0 Å². The molecule has 2 aromatic heterocycles. The van der Waals surface area contributed by atoms with Gasteiger partial charge in [-0.25, -0.2) is 4.68 Å². The zero-order valence-electron chi connectivity index (χ0n) is 21.9. The van der Waals surface area contributed by atoms with Crippen LogP contribution in [0.1, 0.15) is 95.3 Å². The SMILES string of the molecule is Cc1cc(C)c2cc(CN(C3CCCCC3)C(c3nnnn3C(C)(C)C)C(C)C)c(=O)[nH]c2c1. The van der Waals surface area contributed by atoms with Crippen LogP contribution < -0.4 is 5.56 Å². The largest absolute Gasteiger partial charge is 0.322 e. The molecule has 0 aliphatic heterocycles. The van der Waals surface area contributed by atoms with E-state index in [0.717, 1.165) is 40.7 Å². The minimum Gasteiger partial charge on any atom is -0.322 e. The quantitative estimate of drug-likeness (QED) is 0.527. The van der Waals surface area contributed by atoms with Gasteiger partial charge in [-0.1, -0.05) is 39.2 Å². The fourth-order valence-corrected chi connectivity index (χ4v) is 5.58. The van der Waals surface area contributed by atoms with Crippen molar-refractivity contribution in [1.29, 1.82) is 0 Å². The Bertz CT molecular complexity index is 1200. The molecule has 0 saturated heterocycles. The highest BCUT2D eigenvalue weighted by atomic mass is 16.1. The Balaban J connectivity index is 1.81. The maximum Gasteiger partial charge on any atom is 0.252 e. The van der Waals surface area contributed by atoms with E-state index in [1.807, 2.05) is 4.68 Å². The van der Waals surface area contributed by atoms with Crippen molar-refractivity contribution < 1.29 is 0 Å². The third-order valence-corrected chi connectivity index (χ3v) is 7.17. The smallest absolute Gasteiger partial charge is 0.252 e. The van der Waals surface area contributed by atoms with Gasteiger partial charge < -0.3 is 4.98 Å². The molecule has 0 amide bonds. The van der Waals surface area contributed by atoms with E-state index in [0.29, 0.717) is 12.6 Å². The molecule has 1 aromatic carbocycles. The number of H-pyrrole nitrogens is 1. The van der Waals surface area contributed by atoms with Crippen LogP contribution in [0, 0.1) is 19.8 Å². The van der Waals surface area contributed by atoms with Gasteiger partial charge in [-0.3, -0.25) is 9.69 Å². The molecule has 1 N–H and O–H groups in total. The number of pyridine rings is 1. The minimum atomic E-state index is -0.223. The summed E-state index contributed by atoms with van der Waals surface area (Å²) in [6.45, 7) is 15.6. The third-order valence-electron chi connectivity index (χ3n) is 7.17. The second-order valence-electron chi connectivity index (χ2n) is 11.4. The number of hydrogen-bond donors (Lipinski definition) is 1. The lowest BCUT2D eigenvalue weighted by Crippen LogP contribution is -2.44. The molecule has 4 rings (SSSR count). The maximum absolute atomic E-state index is 13.3. The van der Waals surface area contributed by atoms with Gasteiger partial charge in [0.15, 0.2) is 5.82 Å². The van der Waals surface area contributed by atoms with E-state index in [-0.39, 0.29) is 23.1 Å². The summed E-state index contributed by atoms with van der Waals surface area (Å²) < 4.78 is 1.96. The van der Waals surface area contributed by atoms with E-state index in [9.17, 15) is 4.79 Å².